The third-order valence-corrected chi connectivity index (χ3v) is 7.51. The summed E-state index contributed by atoms with van der Waals surface area (Å²) in [6.07, 6.45) is 5.92. The van der Waals surface area contributed by atoms with Crippen LogP contribution < -0.4 is 0 Å². The molecule has 2 aromatic heterocycles. The number of aromatic nitrogens is 2. The molecule has 0 aliphatic carbocycles. The number of para-hydroxylation sites is 3. The van der Waals surface area contributed by atoms with Crippen LogP contribution in [0.25, 0.3) is 66.1 Å². The van der Waals surface area contributed by atoms with Crippen molar-refractivity contribution in [2.75, 3.05) is 0 Å². The summed E-state index contributed by atoms with van der Waals surface area (Å²) in [7, 11) is 0. The zero-order chi connectivity index (χ0) is 26.3. The molecule has 2 heterocycles. The van der Waals surface area contributed by atoms with Gasteiger partial charge in [0, 0.05) is 27.2 Å². The molecule has 0 atom stereocenters. The van der Waals surface area contributed by atoms with Crippen molar-refractivity contribution in [1.82, 2.24) is 9.13 Å². The molecule has 0 spiro atoms. The van der Waals surface area contributed by atoms with E-state index in [2.05, 4.69) is 142 Å². The fraction of sp³-hybridized carbons (Fsp3) is 0.0278. The van der Waals surface area contributed by atoms with Gasteiger partial charge in [-0.3, -0.25) is 4.99 Å². The Labute approximate surface area is 227 Å². The normalized spacial score (nSPS) is 12.4. The van der Waals surface area contributed by atoms with E-state index in [0.717, 1.165) is 16.7 Å². The van der Waals surface area contributed by atoms with Crippen LogP contribution in [0.4, 0.5) is 0 Å². The van der Waals surface area contributed by atoms with Crippen LogP contribution in [0.2, 0.25) is 0 Å². The van der Waals surface area contributed by atoms with Gasteiger partial charge in [-0.15, -0.1) is 0 Å². The van der Waals surface area contributed by atoms with Crippen molar-refractivity contribution < 1.29 is 0 Å². The minimum Gasteiger partial charge on any atom is -0.309 e. The highest BCUT2D eigenvalue weighted by molar-refractivity contribution is 6.13. The van der Waals surface area contributed by atoms with Gasteiger partial charge in [-0.05, 0) is 79.4 Å². The number of benzene rings is 5. The Morgan fingerprint density at radius 2 is 1.15 bits per heavy atom. The molecule has 0 saturated carbocycles. The molecule has 0 saturated heterocycles. The number of hydrogen-bond donors (Lipinski definition) is 0. The number of aliphatic imine (C=N–C) groups is 1. The molecule has 0 aliphatic heterocycles. The van der Waals surface area contributed by atoms with Crippen molar-refractivity contribution in [3.8, 4) is 16.8 Å². The molecule has 0 radical (unpaired) electrons. The van der Waals surface area contributed by atoms with Gasteiger partial charge in [0.1, 0.15) is 0 Å². The zero-order valence-electron chi connectivity index (χ0n) is 21.8. The van der Waals surface area contributed by atoms with Crippen LogP contribution in [0.5, 0.6) is 0 Å². The van der Waals surface area contributed by atoms with Gasteiger partial charge in [-0.1, -0.05) is 72.8 Å². The molecular weight excluding hydrogens is 474 g/mol. The van der Waals surface area contributed by atoms with Crippen molar-refractivity contribution in [3.63, 3.8) is 0 Å². The SMILES string of the molecule is C=N/C=C(\C=C/C)n1c2ccccc2c2cc(-c3ccc4c(c3)c3ccccc3n4-c3ccccc3)ccc21. The highest BCUT2D eigenvalue weighted by Gasteiger charge is 2.16. The van der Waals surface area contributed by atoms with Crippen LogP contribution >= 0.6 is 0 Å². The second-order valence-corrected chi connectivity index (χ2v) is 9.74. The summed E-state index contributed by atoms with van der Waals surface area (Å²) in [5.74, 6) is 0. The van der Waals surface area contributed by atoms with Crippen molar-refractivity contribution in [2.24, 2.45) is 4.99 Å². The van der Waals surface area contributed by atoms with E-state index in [4.69, 9.17) is 0 Å². The van der Waals surface area contributed by atoms with Gasteiger partial charge in [-0.25, -0.2) is 0 Å². The second-order valence-electron chi connectivity index (χ2n) is 9.74. The number of fused-ring (bicyclic) bond motifs is 6. The molecule has 0 fully saturated rings. The van der Waals surface area contributed by atoms with Crippen LogP contribution in [0.3, 0.4) is 0 Å². The molecule has 0 aliphatic rings. The lowest BCUT2D eigenvalue weighted by Gasteiger charge is -2.09. The third kappa shape index (κ3) is 3.63. The first-order valence-corrected chi connectivity index (χ1v) is 13.2. The summed E-state index contributed by atoms with van der Waals surface area (Å²) in [4.78, 5) is 4.08. The molecule has 7 rings (SSSR count). The number of allylic oxidation sites excluding steroid dienone is 3. The van der Waals surface area contributed by atoms with Gasteiger partial charge in [-0.2, -0.15) is 0 Å². The molecule has 3 heteroatoms. The molecule has 39 heavy (non-hydrogen) atoms. The number of rotatable bonds is 5. The minimum absolute atomic E-state index is 0.988. The maximum atomic E-state index is 4.08. The Hall–Kier alpha value is -5.15. The van der Waals surface area contributed by atoms with E-state index >= 15 is 0 Å². The smallest absolute Gasteiger partial charge is 0.0641 e. The van der Waals surface area contributed by atoms with E-state index in [-0.39, 0.29) is 0 Å². The van der Waals surface area contributed by atoms with E-state index in [1.165, 1.54) is 49.4 Å². The lowest BCUT2D eigenvalue weighted by atomic mass is 10.0. The fourth-order valence-corrected chi connectivity index (χ4v) is 5.88. The summed E-state index contributed by atoms with van der Waals surface area (Å²) in [6.45, 7) is 5.72. The van der Waals surface area contributed by atoms with Crippen LogP contribution in [-0.2, 0) is 0 Å². The van der Waals surface area contributed by atoms with Crippen molar-refractivity contribution >= 4 is 56.0 Å². The molecule has 7 aromatic rings. The van der Waals surface area contributed by atoms with E-state index in [9.17, 15) is 0 Å². The first-order chi connectivity index (χ1) is 19.3. The van der Waals surface area contributed by atoms with Crippen LogP contribution in [0.15, 0.2) is 139 Å². The first-order valence-electron chi connectivity index (χ1n) is 13.2. The highest BCUT2D eigenvalue weighted by atomic mass is 15.0. The lowest BCUT2D eigenvalue weighted by Crippen LogP contribution is -1.94. The molecule has 3 nitrogen and oxygen atoms in total. The van der Waals surface area contributed by atoms with Gasteiger partial charge in [0.05, 0.1) is 34.0 Å². The fourth-order valence-electron chi connectivity index (χ4n) is 5.88. The topological polar surface area (TPSA) is 22.2 Å². The van der Waals surface area contributed by atoms with Crippen molar-refractivity contribution in [3.05, 3.63) is 134 Å². The van der Waals surface area contributed by atoms with Gasteiger partial charge < -0.3 is 9.13 Å². The van der Waals surface area contributed by atoms with Gasteiger partial charge in [0.25, 0.3) is 0 Å². The number of hydrogen-bond acceptors (Lipinski definition) is 1. The summed E-state index contributed by atoms with van der Waals surface area (Å²) in [5, 5.41) is 4.95. The third-order valence-electron chi connectivity index (χ3n) is 7.51. The predicted octanol–water partition coefficient (Wildman–Crippen LogP) is 9.63. The maximum absolute atomic E-state index is 4.08. The van der Waals surface area contributed by atoms with Crippen molar-refractivity contribution in [1.29, 1.82) is 0 Å². The molecule has 0 amide bonds. The summed E-state index contributed by atoms with van der Waals surface area (Å²) < 4.78 is 4.62. The zero-order valence-corrected chi connectivity index (χ0v) is 21.8. The number of nitrogens with zero attached hydrogens (tertiary/aromatic N) is 3. The quantitative estimate of drug-likeness (QED) is 0.165. The average molecular weight is 502 g/mol. The average Bonchev–Trinajstić information content (AvgIpc) is 3.50. The minimum atomic E-state index is 0.988. The summed E-state index contributed by atoms with van der Waals surface area (Å²) in [6, 6.07) is 41.4. The molecule has 5 aromatic carbocycles. The van der Waals surface area contributed by atoms with E-state index in [1.54, 1.807) is 0 Å². The van der Waals surface area contributed by atoms with Crippen LogP contribution in [0, 0.1) is 0 Å². The standard InChI is InChI=1S/C36H27N3/c1-3-11-28(24-37-2)39-34-17-10-8-15-30(34)32-23-26(19-21-36(32)39)25-18-20-35-31(22-25)29-14-7-9-16-33(29)38(35)27-12-5-4-6-13-27/h3-24H,2H2,1H3/b11-3-,28-24+. The largest absolute Gasteiger partial charge is 0.309 e. The Morgan fingerprint density at radius 1 is 0.615 bits per heavy atom. The Morgan fingerprint density at radius 3 is 1.85 bits per heavy atom. The van der Waals surface area contributed by atoms with Gasteiger partial charge in [0.15, 0.2) is 0 Å². The summed E-state index contributed by atoms with van der Waals surface area (Å²) >= 11 is 0. The van der Waals surface area contributed by atoms with Gasteiger partial charge >= 0.3 is 0 Å². The summed E-state index contributed by atoms with van der Waals surface area (Å²) in [5.41, 5.74) is 9.28. The first kappa shape index (κ1) is 23.0. The van der Waals surface area contributed by atoms with E-state index in [1.807, 2.05) is 19.2 Å². The second kappa shape index (κ2) is 9.30. The molecule has 0 bridgehead atoms. The molecule has 186 valence electrons. The predicted molar refractivity (Wildman–Crippen MR) is 168 cm³/mol. The highest BCUT2D eigenvalue weighted by Crippen LogP contribution is 2.38. The van der Waals surface area contributed by atoms with Crippen molar-refractivity contribution in [2.45, 2.75) is 6.92 Å². The maximum Gasteiger partial charge on any atom is 0.0641 e. The lowest BCUT2D eigenvalue weighted by molar-refractivity contribution is 1.18. The monoisotopic (exact) mass is 501 g/mol. The van der Waals surface area contributed by atoms with Crippen LogP contribution in [0.1, 0.15) is 6.92 Å². The Balaban J connectivity index is 1.46. The van der Waals surface area contributed by atoms with Gasteiger partial charge in [0.2, 0.25) is 0 Å². The molecule has 0 N–H and O–H groups in total. The molecular formula is C36H27N3. The Bertz CT molecular complexity index is 2090. The van der Waals surface area contributed by atoms with Crippen LogP contribution in [-0.4, -0.2) is 15.9 Å². The van der Waals surface area contributed by atoms with E-state index < -0.39 is 0 Å². The Kier molecular flexibility index (Phi) is 5.49. The molecule has 0 unspecified atom stereocenters. The van der Waals surface area contributed by atoms with E-state index in [0.29, 0.717) is 0 Å².